The maximum atomic E-state index is 5.62. The number of nitrogens with zero attached hydrogens (tertiary/aromatic N) is 1. The molecule has 0 saturated heterocycles. The van der Waals surface area contributed by atoms with Gasteiger partial charge in [0.15, 0.2) is 6.10 Å². The van der Waals surface area contributed by atoms with Crippen molar-refractivity contribution < 1.29 is 9.47 Å². The van der Waals surface area contributed by atoms with Crippen molar-refractivity contribution in [2.24, 2.45) is 10.7 Å². The second-order valence-electron chi connectivity index (χ2n) is 3.50. The van der Waals surface area contributed by atoms with E-state index in [0.29, 0.717) is 13.2 Å². The molecule has 2 rings (SSSR count). The molecule has 0 amide bonds. The van der Waals surface area contributed by atoms with Crippen molar-refractivity contribution in [3.05, 3.63) is 29.8 Å². The molecule has 0 aliphatic carbocycles. The second kappa shape index (κ2) is 6.78. The highest BCUT2D eigenvalue weighted by Crippen LogP contribution is 2.17. The van der Waals surface area contributed by atoms with Gasteiger partial charge in [0.2, 0.25) is 0 Å². The van der Waals surface area contributed by atoms with Crippen LogP contribution in [0, 0.1) is 6.92 Å². The number of amidine groups is 1. The number of hydrogen-bond acceptors (Lipinski definition) is 4. The van der Waals surface area contributed by atoms with Gasteiger partial charge >= 0.3 is 0 Å². The van der Waals surface area contributed by atoms with Crippen LogP contribution in [0.1, 0.15) is 19.4 Å². The van der Waals surface area contributed by atoms with Crippen LogP contribution in [0.3, 0.4) is 0 Å². The number of aryl methyl sites for hydroxylation is 1. The fraction of sp³-hybridized carbons (Fsp3) is 0.462. The first-order chi connectivity index (χ1) is 8.25. The normalized spacial score (nSPS) is 17.6. The summed E-state index contributed by atoms with van der Waals surface area (Å²) in [4.78, 5) is 3.94. The first kappa shape index (κ1) is 13.4. The molecule has 0 saturated carbocycles. The third-order valence-electron chi connectivity index (χ3n) is 2.26. The quantitative estimate of drug-likeness (QED) is 0.874. The van der Waals surface area contributed by atoms with E-state index in [1.807, 2.05) is 45.0 Å². The van der Waals surface area contributed by atoms with E-state index >= 15 is 0 Å². The van der Waals surface area contributed by atoms with Crippen molar-refractivity contribution in [2.75, 3.05) is 13.2 Å². The Bertz CT molecular complexity index is 377. The SMILES string of the molecule is CC.Cc1ccccc1OCC1CN=C(N)O1. The van der Waals surface area contributed by atoms with Gasteiger partial charge in [-0.2, -0.15) is 0 Å². The zero-order valence-electron chi connectivity index (χ0n) is 10.6. The van der Waals surface area contributed by atoms with Gasteiger partial charge in [-0.15, -0.1) is 0 Å². The molecule has 4 heteroatoms. The van der Waals surface area contributed by atoms with Gasteiger partial charge in [-0.3, -0.25) is 0 Å². The van der Waals surface area contributed by atoms with Crippen LogP contribution in [-0.2, 0) is 4.74 Å². The molecule has 0 bridgehead atoms. The summed E-state index contributed by atoms with van der Waals surface area (Å²) in [5, 5.41) is 0. The summed E-state index contributed by atoms with van der Waals surface area (Å²) in [5.41, 5.74) is 6.51. The Kier molecular flexibility index (Phi) is 5.33. The van der Waals surface area contributed by atoms with E-state index in [2.05, 4.69) is 4.99 Å². The molecule has 0 aromatic heterocycles. The standard InChI is InChI=1S/C11H14N2O2.C2H6/c1-8-4-2-3-5-10(8)14-7-9-6-13-11(12)15-9;1-2/h2-5,9H,6-7H2,1H3,(H2,12,13);1-2H3. The second-order valence-corrected chi connectivity index (χ2v) is 3.50. The molecule has 17 heavy (non-hydrogen) atoms. The van der Waals surface area contributed by atoms with Crippen LogP contribution in [0.5, 0.6) is 5.75 Å². The van der Waals surface area contributed by atoms with Crippen LogP contribution >= 0.6 is 0 Å². The summed E-state index contributed by atoms with van der Waals surface area (Å²) >= 11 is 0. The van der Waals surface area contributed by atoms with Crippen molar-refractivity contribution >= 4 is 6.02 Å². The summed E-state index contributed by atoms with van der Waals surface area (Å²) in [6.45, 7) is 7.07. The van der Waals surface area contributed by atoms with Crippen molar-refractivity contribution in [2.45, 2.75) is 26.9 Å². The molecule has 0 fully saturated rings. The molecule has 1 unspecified atom stereocenters. The highest BCUT2D eigenvalue weighted by molar-refractivity contribution is 5.73. The largest absolute Gasteiger partial charge is 0.489 e. The summed E-state index contributed by atoms with van der Waals surface area (Å²) in [7, 11) is 0. The number of aliphatic imine (C=N–C) groups is 1. The van der Waals surface area contributed by atoms with Crippen LogP contribution in [0.15, 0.2) is 29.3 Å². The molecule has 94 valence electrons. The molecule has 1 aliphatic heterocycles. The van der Waals surface area contributed by atoms with Gasteiger partial charge in [0.25, 0.3) is 6.02 Å². The summed E-state index contributed by atoms with van der Waals surface area (Å²) in [6, 6.07) is 8.14. The van der Waals surface area contributed by atoms with Crippen LogP contribution in [0.4, 0.5) is 0 Å². The number of para-hydroxylation sites is 1. The number of rotatable bonds is 3. The lowest BCUT2D eigenvalue weighted by molar-refractivity contribution is 0.141. The lowest BCUT2D eigenvalue weighted by Gasteiger charge is -2.12. The zero-order valence-corrected chi connectivity index (χ0v) is 10.6. The van der Waals surface area contributed by atoms with E-state index in [9.17, 15) is 0 Å². The van der Waals surface area contributed by atoms with E-state index in [4.69, 9.17) is 15.2 Å². The maximum absolute atomic E-state index is 5.62. The van der Waals surface area contributed by atoms with Gasteiger partial charge < -0.3 is 15.2 Å². The predicted molar refractivity (Wildman–Crippen MR) is 69.4 cm³/mol. The Hall–Kier alpha value is -1.71. The van der Waals surface area contributed by atoms with Gasteiger partial charge in [0.1, 0.15) is 12.4 Å². The van der Waals surface area contributed by atoms with Crippen molar-refractivity contribution in [1.82, 2.24) is 0 Å². The summed E-state index contributed by atoms with van der Waals surface area (Å²) in [6.07, 6.45) is -0.0513. The molecule has 1 aliphatic rings. The van der Waals surface area contributed by atoms with Crippen LogP contribution in [0.2, 0.25) is 0 Å². The Labute approximate surface area is 102 Å². The van der Waals surface area contributed by atoms with Gasteiger partial charge in [-0.1, -0.05) is 32.0 Å². The summed E-state index contributed by atoms with van der Waals surface area (Å²) < 4.78 is 10.8. The number of nitrogens with two attached hydrogens (primary N) is 1. The molecule has 0 radical (unpaired) electrons. The first-order valence-corrected chi connectivity index (χ1v) is 5.90. The van der Waals surface area contributed by atoms with E-state index < -0.39 is 0 Å². The number of ether oxygens (including phenoxy) is 2. The maximum Gasteiger partial charge on any atom is 0.282 e. The zero-order chi connectivity index (χ0) is 12.7. The smallest absolute Gasteiger partial charge is 0.282 e. The third kappa shape index (κ3) is 3.98. The average molecular weight is 236 g/mol. The monoisotopic (exact) mass is 236 g/mol. The van der Waals surface area contributed by atoms with Gasteiger partial charge in [0.05, 0.1) is 6.54 Å². The van der Waals surface area contributed by atoms with Crippen LogP contribution in [-0.4, -0.2) is 25.3 Å². The molecule has 1 atom stereocenters. The Morgan fingerprint density at radius 3 is 2.71 bits per heavy atom. The van der Waals surface area contributed by atoms with Gasteiger partial charge in [-0.25, -0.2) is 4.99 Å². The number of hydrogen-bond donors (Lipinski definition) is 1. The Morgan fingerprint density at radius 1 is 1.41 bits per heavy atom. The predicted octanol–water partition coefficient (Wildman–Crippen LogP) is 2.11. The Morgan fingerprint density at radius 2 is 2.12 bits per heavy atom. The highest BCUT2D eigenvalue weighted by Gasteiger charge is 2.18. The molecular weight excluding hydrogens is 216 g/mol. The van der Waals surface area contributed by atoms with E-state index in [-0.39, 0.29) is 12.1 Å². The van der Waals surface area contributed by atoms with Crippen molar-refractivity contribution in [3.63, 3.8) is 0 Å². The van der Waals surface area contributed by atoms with Crippen LogP contribution < -0.4 is 10.5 Å². The van der Waals surface area contributed by atoms with Gasteiger partial charge in [0, 0.05) is 0 Å². The van der Waals surface area contributed by atoms with Gasteiger partial charge in [-0.05, 0) is 18.6 Å². The minimum absolute atomic E-state index is 0.0513. The third-order valence-corrected chi connectivity index (χ3v) is 2.26. The van der Waals surface area contributed by atoms with Crippen molar-refractivity contribution in [3.8, 4) is 5.75 Å². The fourth-order valence-corrected chi connectivity index (χ4v) is 1.42. The van der Waals surface area contributed by atoms with Crippen LogP contribution in [0.25, 0.3) is 0 Å². The lowest BCUT2D eigenvalue weighted by Crippen LogP contribution is -2.24. The average Bonchev–Trinajstić information content (AvgIpc) is 2.77. The molecule has 1 aromatic carbocycles. The van der Waals surface area contributed by atoms with E-state index in [0.717, 1.165) is 11.3 Å². The Balaban J connectivity index is 0.000000686. The van der Waals surface area contributed by atoms with Crippen molar-refractivity contribution in [1.29, 1.82) is 0 Å². The van der Waals surface area contributed by atoms with E-state index in [1.165, 1.54) is 0 Å². The highest BCUT2D eigenvalue weighted by atomic mass is 16.5. The fourth-order valence-electron chi connectivity index (χ4n) is 1.42. The molecule has 0 spiro atoms. The summed E-state index contributed by atoms with van der Waals surface area (Å²) in [5.74, 6) is 0.881. The number of benzene rings is 1. The molecule has 1 heterocycles. The minimum Gasteiger partial charge on any atom is -0.489 e. The lowest BCUT2D eigenvalue weighted by atomic mass is 10.2. The topological polar surface area (TPSA) is 56.8 Å². The molecule has 2 N–H and O–H groups in total. The minimum atomic E-state index is -0.0513. The molecule has 4 nitrogen and oxygen atoms in total. The van der Waals surface area contributed by atoms with E-state index in [1.54, 1.807) is 0 Å². The molecule has 1 aromatic rings. The molecular formula is C13H20N2O2. The first-order valence-electron chi connectivity index (χ1n) is 5.90.